The van der Waals surface area contributed by atoms with Crippen molar-refractivity contribution in [1.29, 1.82) is 0 Å². The fraction of sp³-hybridized carbons (Fsp3) is 0.375. The highest BCUT2D eigenvalue weighted by Crippen LogP contribution is 1.93. The third-order valence-corrected chi connectivity index (χ3v) is 1.37. The number of rotatable bonds is 1. The van der Waals surface area contributed by atoms with E-state index in [-0.39, 0.29) is 6.61 Å². The number of nitrogens with zero attached hydrogens (tertiary/aromatic N) is 2. The zero-order valence-electron chi connectivity index (χ0n) is 6.41. The van der Waals surface area contributed by atoms with E-state index >= 15 is 0 Å². The Morgan fingerprint density at radius 3 is 3.00 bits per heavy atom. The quantitative estimate of drug-likeness (QED) is 0.570. The van der Waals surface area contributed by atoms with Gasteiger partial charge in [-0.25, -0.2) is 4.98 Å². The van der Waals surface area contributed by atoms with E-state index in [9.17, 15) is 0 Å². The first-order chi connectivity index (χ1) is 5.34. The van der Waals surface area contributed by atoms with Gasteiger partial charge < -0.3 is 9.67 Å². The lowest BCUT2D eigenvalue weighted by molar-refractivity contribution is 0.350. The van der Waals surface area contributed by atoms with Crippen LogP contribution in [0.1, 0.15) is 5.82 Å². The van der Waals surface area contributed by atoms with E-state index in [2.05, 4.69) is 16.8 Å². The Morgan fingerprint density at radius 2 is 2.45 bits per heavy atom. The van der Waals surface area contributed by atoms with E-state index in [1.165, 1.54) is 0 Å². The summed E-state index contributed by atoms with van der Waals surface area (Å²) in [5.74, 6) is 6.28. The lowest BCUT2D eigenvalue weighted by Gasteiger charge is -1.93. The average molecular weight is 150 g/mol. The molecule has 1 aromatic heterocycles. The molecule has 1 aromatic rings. The first-order valence-electron chi connectivity index (χ1n) is 3.37. The summed E-state index contributed by atoms with van der Waals surface area (Å²) in [6, 6.07) is 0. The summed E-state index contributed by atoms with van der Waals surface area (Å²) in [7, 11) is 1.92. The number of hydrogen-bond donors (Lipinski definition) is 1. The molecule has 0 aliphatic carbocycles. The van der Waals surface area contributed by atoms with Gasteiger partial charge in [0.25, 0.3) is 0 Å². The summed E-state index contributed by atoms with van der Waals surface area (Å²) in [4.78, 5) is 4.07. The van der Waals surface area contributed by atoms with Crippen LogP contribution in [0, 0.1) is 11.8 Å². The third kappa shape index (κ3) is 2.10. The highest BCUT2D eigenvalue weighted by Gasteiger charge is 1.93. The van der Waals surface area contributed by atoms with Crippen molar-refractivity contribution in [2.24, 2.45) is 7.05 Å². The fourth-order valence-electron chi connectivity index (χ4n) is 0.764. The van der Waals surface area contributed by atoms with E-state index in [0.29, 0.717) is 6.42 Å². The molecule has 0 bridgehead atoms. The monoisotopic (exact) mass is 150 g/mol. The van der Waals surface area contributed by atoms with Crippen molar-refractivity contribution < 1.29 is 5.11 Å². The van der Waals surface area contributed by atoms with Crippen molar-refractivity contribution >= 4 is 0 Å². The standard InChI is InChI=1S/C8H10N2O/c1-10-6-5-9-8(10)4-2-3-7-11/h5-6,11H,4,7H2,1H3. The number of hydrogen-bond acceptors (Lipinski definition) is 2. The highest BCUT2D eigenvalue weighted by atomic mass is 16.2. The SMILES string of the molecule is Cn1ccnc1CC#CCO. The highest BCUT2D eigenvalue weighted by molar-refractivity contribution is 5.07. The summed E-state index contributed by atoms with van der Waals surface area (Å²) in [6.45, 7) is -0.0789. The summed E-state index contributed by atoms with van der Waals surface area (Å²) in [5, 5.41) is 8.36. The molecule has 0 aromatic carbocycles. The number of aryl methyl sites for hydroxylation is 1. The summed E-state index contributed by atoms with van der Waals surface area (Å²) >= 11 is 0. The van der Waals surface area contributed by atoms with Crippen molar-refractivity contribution in [3.05, 3.63) is 18.2 Å². The predicted octanol–water partition coefficient (Wildman–Crippen LogP) is -0.0417. The molecule has 1 N–H and O–H groups in total. The van der Waals surface area contributed by atoms with Gasteiger partial charge in [0.1, 0.15) is 12.4 Å². The maximum Gasteiger partial charge on any atom is 0.120 e. The van der Waals surface area contributed by atoms with Gasteiger partial charge in [-0.15, -0.1) is 0 Å². The van der Waals surface area contributed by atoms with Gasteiger partial charge in [0, 0.05) is 19.4 Å². The number of aliphatic hydroxyl groups is 1. The second kappa shape index (κ2) is 3.79. The Hall–Kier alpha value is -1.27. The Bertz CT molecular complexity index is 280. The molecule has 0 amide bonds. The molecule has 0 atom stereocenters. The molecule has 3 nitrogen and oxygen atoms in total. The molecule has 0 unspecified atom stereocenters. The normalized spacial score (nSPS) is 8.91. The van der Waals surface area contributed by atoms with Crippen molar-refractivity contribution in [3.8, 4) is 11.8 Å². The molecule has 0 saturated heterocycles. The number of aromatic nitrogens is 2. The molecule has 1 heterocycles. The van der Waals surface area contributed by atoms with Crippen molar-refractivity contribution in [3.63, 3.8) is 0 Å². The van der Waals surface area contributed by atoms with Gasteiger partial charge in [-0.1, -0.05) is 11.8 Å². The van der Waals surface area contributed by atoms with Crippen LogP contribution in [0.25, 0.3) is 0 Å². The van der Waals surface area contributed by atoms with Crippen LogP contribution < -0.4 is 0 Å². The van der Waals surface area contributed by atoms with E-state index < -0.39 is 0 Å². The Kier molecular flexibility index (Phi) is 2.70. The fourth-order valence-corrected chi connectivity index (χ4v) is 0.764. The van der Waals surface area contributed by atoms with Gasteiger partial charge >= 0.3 is 0 Å². The minimum atomic E-state index is -0.0789. The lowest BCUT2D eigenvalue weighted by Crippen LogP contribution is -1.95. The smallest absolute Gasteiger partial charge is 0.120 e. The first-order valence-corrected chi connectivity index (χ1v) is 3.37. The van der Waals surface area contributed by atoms with Crippen LogP contribution in [0.15, 0.2) is 12.4 Å². The summed E-state index contributed by atoms with van der Waals surface area (Å²) < 4.78 is 1.91. The Morgan fingerprint density at radius 1 is 1.64 bits per heavy atom. The lowest BCUT2D eigenvalue weighted by atomic mass is 10.4. The van der Waals surface area contributed by atoms with Crippen LogP contribution in [0.3, 0.4) is 0 Å². The largest absolute Gasteiger partial charge is 0.384 e. The molecule has 0 saturated carbocycles. The molecule has 58 valence electrons. The second-order valence-electron chi connectivity index (χ2n) is 2.14. The van der Waals surface area contributed by atoms with Crippen LogP contribution in [0.4, 0.5) is 0 Å². The molecule has 0 aliphatic heterocycles. The van der Waals surface area contributed by atoms with Gasteiger partial charge in [0.05, 0.1) is 6.42 Å². The summed E-state index contributed by atoms with van der Waals surface area (Å²) in [6.07, 6.45) is 4.20. The van der Waals surface area contributed by atoms with Crippen molar-refractivity contribution in [2.45, 2.75) is 6.42 Å². The molecule has 1 rings (SSSR count). The van der Waals surface area contributed by atoms with Crippen LogP contribution in [-0.2, 0) is 13.5 Å². The number of imidazole rings is 1. The van der Waals surface area contributed by atoms with Crippen LogP contribution >= 0.6 is 0 Å². The number of aliphatic hydroxyl groups excluding tert-OH is 1. The molecule has 0 radical (unpaired) electrons. The van der Waals surface area contributed by atoms with Gasteiger partial charge in [0.15, 0.2) is 0 Å². The third-order valence-electron chi connectivity index (χ3n) is 1.37. The molecule has 0 fully saturated rings. The van der Waals surface area contributed by atoms with E-state index in [1.54, 1.807) is 6.20 Å². The molecule has 0 spiro atoms. The van der Waals surface area contributed by atoms with Gasteiger partial charge in [-0.2, -0.15) is 0 Å². The maximum absolute atomic E-state index is 8.36. The zero-order chi connectivity index (χ0) is 8.10. The predicted molar refractivity (Wildman–Crippen MR) is 41.8 cm³/mol. The summed E-state index contributed by atoms with van der Waals surface area (Å²) in [5.41, 5.74) is 0. The van der Waals surface area contributed by atoms with Gasteiger partial charge in [0.2, 0.25) is 0 Å². The van der Waals surface area contributed by atoms with E-state index in [1.807, 2.05) is 17.8 Å². The minimum absolute atomic E-state index is 0.0789. The topological polar surface area (TPSA) is 38.0 Å². The van der Waals surface area contributed by atoms with Crippen molar-refractivity contribution in [2.75, 3.05) is 6.61 Å². The molecule has 11 heavy (non-hydrogen) atoms. The van der Waals surface area contributed by atoms with Crippen LogP contribution in [0.5, 0.6) is 0 Å². The Labute approximate surface area is 65.7 Å². The molecule has 0 aliphatic rings. The minimum Gasteiger partial charge on any atom is -0.384 e. The second-order valence-corrected chi connectivity index (χ2v) is 2.14. The molecular formula is C8H10N2O. The van der Waals surface area contributed by atoms with E-state index in [0.717, 1.165) is 5.82 Å². The first kappa shape index (κ1) is 7.83. The zero-order valence-corrected chi connectivity index (χ0v) is 6.41. The maximum atomic E-state index is 8.36. The van der Waals surface area contributed by atoms with Crippen molar-refractivity contribution in [1.82, 2.24) is 9.55 Å². The average Bonchev–Trinajstić information content (AvgIpc) is 2.37. The van der Waals surface area contributed by atoms with Crippen LogP contribution in [-0.4, -0.2) is 21.3 Å². The van der Waals surface area contributed by atoms with Gasteiger partial charge in [-0.3, -0.25) is 0 Å². The molecular weight excluding hydrogens is 140 g/mol. The Balaban J connectivity index is 2.57. The van der Waals surface area contributed by atoms with Gasteiger partial charge in [-0.05, 0) is 0 Å². The van der Waals surface area contributed by atoms with Crippen LogP contribution in [0.2, 0.25) is 0 Å². The molecule has 3 heteroatoms. The van der Waals surface area contributed by atoms with E-state index in [4.69, 9.17) is 5.11 Å².